The fourth-order valence-corrected chi connectivity index (χ4v) is 4.40. The number of aromatic nitrogens is 2. The zero-order valence-corrected chi connectivity index (χ0v) is 21.0. The van der Waals surface area contributed by atoms with Crippen molar-refractivity contribution in [3.63, 3.8) is 0 Å². The Labute approximate surface area is 217 Å². The van der Waals surface area contributed by atoms with Gasteiger partial charge in [0, 0.05) is 30.2 Å². The van der Waals surface area contributed by atoms with Gasteiger partial charge in [-0.05, 0) is 55.3 Å². The summed E-state index contributed by atoms with van der Waals surface area (Å²) in [5.41, 5.74) is -5.13. The first-order valence-electron chi connectivity index (χ1n) is 10.7. The molecule has 3 aromatic rings. The van der Waals surface area contributed by atoms with E-state index in [4.69, 9.17) is 11.6 Å². The van der Waals surface area contributed by atoms with Crippen molar-refractivity contribution in [1.29, 1.82) is 0 Å². The highest BCUT2D eigenvalue weighted by molar-refractivity contribution is 8.45. The first-order valence-corrected chi connectivity index (χ1v) is 13.1. The molecule has 0 spiro atoms. The fraction of sp³-hybridized carbons (Fsp3) is 0.217. The number of nitrogens with zero attached hydrogens (tertiary/aromatic N) is 3. The summed E-state index contributed by atoms with van der Waals surface area (Å²) in [6, 6.07) is 6.52. The number of benzene rings is 2. The summed E-state index contributed by atoms with van der Waals surface area (Å²) in [5.74, 6) is -3.05. The lowest BCUT2D eigenvalue weighted by atomic mass is 9.89. The van der Waals surface area contributed by atoms with Gasteiger partial charge in [-0.3, -0.25) is 14.5 Å². The average molecular weight is 585 g/mol. The predicted octanol–water partition coefficient (Wildman–Crippen LogP) is 6.41. The van der Waals surface area contributed by atoms with Crippen molar-refractivity contribution in [2.45, 2.75) is 29.4 Å². The summed E-state index contributed by atoms with van der Waals surface area (Å²) >= 11 is 5.37. The van der Waals surface area contributed by atoms with Gasteiger partial charge in [0.1, 0.15) is 17.0 Å². The second-order valence-corrected chi connectivity index (χ2v) is 11.1. The molecule has 0 saturated heterocycles. The van der Waals surface area contributed by atoms with Crippen LogP contribution in [0.1, 0.15) is 18.1 Å². The third kappa shape index (κ3) is 6.54. The minimum Gasteiger partial charge on any atom is -0.353 e. The summed E-state index contributed by atoms with van der Waals surface area (Å²) in [5, 5.41) is 2.51. The lowest BCUT2D eigenvalue weighted by Gasteiger charge is -2.42. The molecule has 38 heavy (non-hydrogen) atoms. The first kappa shape index (κ1) is 29.2. The maximum Gasteiger partial charge on any atom is 0.310 e. The number of alkyl halides is 2. The third-order valence-corrected chi connectivity index (χ3v) is 6.90. The van der Waals surface area contributed by atoms with E-state index in [2.05, 4.69) is 15.3 Å². The van der Waals surface area contributed by atoms with E-state index in [-0.39, 0.29) is 30.7 Å². The van der Waals surface area contributed by atoms with Gasteiger partial charge in [-0.15, -0.1) is 0 Å². The lowest BCUT2D eigenvalue weighted by Crippen LogP contribution is -2.58. The van der Waals surface area contributed by atoms with E-state index < -0.39 is 49.6 Å². The van der Waals surface area contributed by atoms with Crippen LogP contribution in [-0.2, 0) is 21.5 Å². The van der Waals surface area contributed by atoms with Crippen LogP contribution in [0, 0.1) is 5.82 Å². The largest absolute Gasteiger partial charge is 0.353 e. The van der Waals surface area contributed by atoms with E-state index in [1.807, 2.05) is 0 Å². The third-order valence-electron chi connectivity index (χ3n) is 5.55. The van der Waals surface area contributed by atoms with Crippen molar-refractivity contribution in [3.8, 4) is 0 Å². The quantitative estimate of drug-likeness (QED) is 0.233. The number of rotatable bonds is 9. The summed E-state index contributed by atoms with van der Waals surface area (Å²) in [6.45, 7) is 1.02. The molecule has 1 N–H and O–H groups in total. The molecule has 206 valence electrons. The van der Waals surface area contributed by atoms with Gasteiger partial charge in [-0.2, -0.15) is 0 Å². The molecule has 1 aromatic heterocycles. The van der Waals surface area contributed by atoms with Crippen molar-refractivity contribution in [2.24, 2.45) is 0 Å². The smallest absolute Gasteiger partial charge is 0.310 e. The molecule has 2 atom stereocenters. The highest BCUT2D eigenvalue weighted by Crippen LogP contribution is 3.02. The Morgan fingerprint density at radius 3 is 2.18 bits per heavy atom. The molecule has 0 fully saturated rings. The molecule has 0 aliphatic carbocycles. The lowest BCUT2D eigenvalue weighted by molar-refractivity contribution is -0.131. The molecular formula is C23H20ClF7N4O2S. The van der Waals surface area contributed by atoms with Crippen LogP contribution < -0.4 is 10.2 Å². The van der Waals surface area contributed by atoms with Crippen LogP contribution in [0.5, 0.6) is 0 Å². The Morgan fingerprint density at radius 2 is 1.66 bits per heavy atom. The summed E-state index contributed by atoms with van der Waals surface area (Å²) in [4.78, 5) is 32.1. The highest BCUT2D eigenvalue weighted by atomic mass is 35.5. The van der Waals surface area contributed by atoms with Gasteiger partial charge in [0.25, 0.3) is 17.4 Å². The maximum absolute atomic E-state index is 14.1. The van der Waals surface area contributed by atoms with Crippen molar-refractivity contribution >= 4 is 39.3 Å². The molecule has 0 aliphatic rings. The van der Waals surface area contributed by atoms with Crippen LogP contribution in [0.15, 0.2) is 72.1 Å². The van der Waals surface area contributed by atoms with Gasteiger partial charge < -0.3 is 5.32 Å². The van der Waals surface area contributed by atoms with Crippen molar-refractivity contribution in [3.05, 3.63) is 84.2 Å². The van der Waals surface area contributed by atoms with Crippen LogP contribution in [0.3, 0.4) is 0 Å². The van der Waals surface area contributed by atoms with Crippen LogP contribution in [0.2, 0.25) is 0 Å². The molecule has 6 nitrogen and oxygen atoms in total. The minimum absolute atomic E-state index is 0.0163. The Morgan fingerprint density at radius 1 is 1.05 bits per heavy atom. The van der Waals surface area contributed by atoms with Crippen LogP contribution in [0.4, 0.5) is 33.9 Å². The minimum atomic E-state index is -10.1. The summed E-state index contributed by atoms with van der Waals surface area (Å²) < 4.78 is 93.8. The Kier molecular flexibility index (Phi) is 7.47. The average Bonchev–Trinajstić information content (AvgIpc) is 2.83. The molecular weight excluding hydrogens is 565 g/mol. The number of nitrogens with one attached hydrogen (secondary N) is 1. The number of hydrogen-bond donors (Lipinski definition) is 1. The summed E-state index contributed by atoms with van der Waals surface area (Å²) in [7, 11) is -10.1. The van der Waals surface area contributed by atoms with Gasteiger partial charge in [0.05, 0.1) is 0 Å². The fourth-order valence-electron chi connectivity index (χ4n) is 3.65. The van der Waals surface area contributed by atoms with E-state index in [0.717, 1.165) is 25.6 Å². The molecule has 2 aromatic carbocycles. The number of halogens is 8. The zero-order valence-electron chi connectivity index (χ0n) is 19.4. The Hall–Kier alpha value is -3.39. The van der Waals surface area contributed by atoms with Crippen LogP contribution in [0.25, 0.3) is 0 Å². The molecule has 2 amide bonds. The number of amides is 2. The summed E-state index contributed by atoms with van der Waals surface area (Å²) in [6.07, 6.45) is 3.42. The van der Waals surface area contributed by atoms with Crippen molar-refractivity contribution in [2.75, 3.05) is 11.4 Å². The monoisotopic (exact) mass is 584 g/mol. The van der Waals surface area contributed by atoms with Gasteiger partial charge in [-0.25, -0.2) is 18.7 Å². The van der Waals surface area contributed by atoms with Crippen LogP contribution >= 0.6 is 21.8 Å². The van der Waals surface area contributed by atoms with E-state index in [0.29, 0.717) is 22.6 Å². The first-order chi connectivity index (χ1) is 17.4. The van der Waals surface area contributed by atoms with Crippen molar-refractivity contribution in [1.82, 2.24) is 15.3 Å². The second kappa shape index (κ2) is 9.73. The normalized spacial score (nSPS) is 15.9. The van der Waals surface area contributed by atoms with E-state index in [9.17, 15) is 37.8 Å². The molecule has 1 heterocycles. The molecule has 15 heteroatoms. The van der Waals surface area contributed by atoms with E-state index in [1.54, 1.807) is 6.07 Å². The highest BCUT2D eigenvalue weighted by Gasteiger charge is 2.65. The Bertz CT molecular complexity index is 1330. The maximum atomic E-state index is 14.1. The van der Waals surface area contributed by atoms with E-state index in [1.165, 1.54) is 18.2 Å². The molecule has 0 unspecified atom stereocenters. The number of carbonyl (C=O) groups is 2. The number of hydrogen-bond acceptors (Lipinski definition) is 4. The molecule has 0 saturated carbocycles. The van der Waals surface area contributed by atoms with Gasteiger partial charge >= 0.3 is 10.2 Å². The van der Waals surface area contributed by atoms with E-state index >= 15 is 0 Å². The molecule has 0 aliphatic heterocycles. The standard InChI is InChI=1S/C23H20ClF7N4O2S/c1-23(16-12-32-14-33-13-16,22(37)34-10-9-15-3-2-4-17(25)11-15)35(21(36)20(24)26)18-5-7-19(8-6-18)38(27,28,29,30)31/h2-8,11-14,20H,9-10H2,1H3,(H,34,37)/t20-,23+/m0/s1. The molecule has 3 rings (SSSR count). The second-order valence-electron chi connectivity index (χ2n) is 8.27. The van der Waals surface area contributed by atoms with Gasteiger partial charge in [-0.1, -0.05) is 43.2 Å². The zero-order chi connectivity index (χ0) is 28.4. The molecule has 0 radical (unpaired) electrons. The number of carbonyl (C=O) groups excluding carboxylic acids is 2. The Balaban J connectivity index is 2.07. The van der Waals surface area contributed by atoms with Gasteiger partial charge in [0.15, 0.2) is 5.54 Å². The topological polar surface area (TPSA) is 75.2 Å². The number of anilines is 1. The molecule has 0 bridgehead atoms. The predicted molar refractivity (Wildman–Crippen MR) is 129 cm³/mol. The van der Waals surface area contributed by atoms with Gasteiger partial charge in [0.2, 0.25) is 0 Å². The van der Waals surface area contributed by atoms with Crippen LogP contribution in [-0.4, -0.2) is 34.0 Å². The SMILES string of the molecule is C[C@](C(=O)NCCc1cccc(F)c1)(c1cncnc1)N(C(=O)[C@H](F)Cl)c1ccc(S(F)(F)(F)(F)F)cc1. The van der Waals surface area contributed by atoms with Crippen molar-refractivity contribution < 1.29 is 37.8 Å².